The van der Waals surface area contributed by atoms with E-state index in [4.69, 9.17) is 10.6 Å². The fraction of sp³-hybridized carbons (Fsp3) is 0.167. The first-order valence-corrected chi connectivity index (χ1v) is 9.05. The molecule has 0 bridgehead atoms. The van der Waals surface area contributed by atoms with Crippen LogP contribution < -0.4 is 20.4 Å². The molecule has 0 aliphatic carbocycles. The lowest BCUT2D eigenvalue weighted by molar-refractivity contribution is -0.195. The number of aliphatic carboxylic acids is 1. The number of hydrogen-bond acceptors (Lipinski definition) is 9. The molecule has 1 saturated heterocycles. The summed E-state index contributed by atoms with van der Waals surface area (Å²) in [6.45, 7) is 0.717. The Bertz CT molecular complexity index is 925. The number of carbonyl (C=O) groups excluding carboxylic acids is 2. The molecule has 1 unspecified atom stereocenters. The van der Waals surface area contributed by atoms with Gasteiger partial charge in [0.1, 0.15) is 6.54 Å². The molecule has 1 amide bonds. The van der Waals surface area contributed by atoms with Crippen molar-refractivity contribution < 1.29 is 33.5 Å². The maximum Gasteiger partial charge on any atom is 0.323 e. The first kappa shape index (κ1) is 20.6. The van der Waals surface area contributed by atoms with E-state index in [0.29, 0.717) is 10.6 Å². The van der Waals surface area contributed by atoms with Crippen LogP contribution >= 0.6 is 12.0 Å². The lowest BCUT2D eigenvalue weighted by Gasteiger charge is -2.24. The molecular formula is C18H17N3O7S. The predicted molar refractivity (Wildman–Crippen MR) is 103 cm³/mol. The molecule has 152 valence electrons. The van der Waals surface area contributed by atoms with E-state index >= 15 is 0 Å². The standard InChI is InChI=1S/C18H17N3O7S/c1-11(22)26-15-8-7-13(29-28-27-19)9-14(15)20(10-16(23)24)17-18(25)21(17)12-5-3-2-4-6-12/h2-9,17H,10,19H2,1H3,(H,23,24). The topological polar surface area (TPSA) is 131 Å². The molecule has 2 aromatic rings. The van der Waals surface area contributed by atoms with Crippen LogP contribution in [0.4, 0.5) is 11.4 Å². The van der Waals surface area contributed by atoms with Gasteiger partial charge in [-0.25, -0.2) is 0 Å². The highest BCUT2D eigenvalue weighted by atomic mass is 32.2. The van der Waals surface area contributed by atoms with Gasteiger partial charge in [0.15, 0.2) is 11.9 Å². The van der Waals surface area contributed by atoms with Gasteiger partial charge in [0, 0.05) is 17.5 Å². The number of carboxylic acids is 1. The van der Waals surface area contributed by atoms with Gasteiger partial charge >= 0.3 is 11.9 Å². The number of nitrogens with two attached hydrogens (primary N) is 1. The number of amides is 1. The molecule has 1 heterocycles. The Morgan fingerprint density at radius 2 is 1.97 bits per heavy atom. The third kappa shape index (κ3) is 4.84. The average molecular weight is 419 g/mol. The van der Waals surface area contributed by atoms with Crippen molar-refractivity contribution >= 4 is 41.3 Å². The molecule has 1 aliphatic rings. The van der Waals surface area contributed by atoms with E-state index in [0.717, 1.165) is 12.0 Å². The number of nitrogens with zero attached hydrogens (tertiary/aromatic N) is 2. The lowest BCUT2D eigenvalue weighted by atomic mass is 10.2. The van der Waals surface area contributed by atoms with E-state index in [-0.39, 0.29) is 17.3 Å². The van der Waals surface area contributed by atoms with Crippen molar-refractivity contribution in [3.63, 3.8) is 0 Å². The van der Waals surface area contributed by atoms with Crippen molar-refractivity contribution in [3.05, 3.63) is 48.5 Å². The van der Waals surface area contributed by atoms with Gasteiger partial charge < -0.3 is 14.7 Å². The highest BCUT2D eigenvalue weighted by molar-refractivity contribution is 7.94. The molecule has 11 heteroatoms. The van der Waals surface area contributed by atoms with E-state index in [9.17, 15) is 19.5 Å². The van der Waals surface area contributed by atoms with Gasteiger partial charge in [-0.1, -0.05) is 18.2 Å². The maximum absolute atomic E-state index is 12.5. The van der Waals surface area contributed by atoms with Crippen LogP contribution in [0.2, 0.25) is 0 Å². The third-order valence-electron chi connectivity index (χ3n) is 3.93. The van der Waals surface area contributed by atoms with Gasteiger partial charge in [0.2, 0.25) is 0 Å². The van der Waals surface area contributed by atoms with Crippen LogP contribution in [0.25, 0.3) is 0 Å². The van der Waals surface area contributed by atoms with Crippen LogP contribution in [0, 0.1) is 0 Å². The number of para-hydroxylation sites is 1. The average Bonchev–Trinajstić information content (AvgIpc) is 3.36. The van der Waals surface area contributed by atoms with Crippen molar-refractivity contribution in [2.45, 2.75) is 18.0 Å². The van der Waals surface area contributed by atoms with E-state index in [2.05, 4.69) is 9.32 Å². The number of carboxylic acid groups (broad SMARTS) is 1. The second kappa shape index (κ2) is 8.92. The first-order chi connectivity index (χ1) is 13.9. The molecule has 0 saturated carbocycles. The van der Waals surface area contributed by atoms with Gasteiger partial charge in [-0.05, 0) is 30.3 Å². The molecule has 29 heavy (non-hydrogen) atoms. The Labute approximate surface area is 169 Å². The van der Waals surface area contributed by atoms with Gasteiger partial charge in [-0.3, -0.25) is 19.3 Å². The number of carbonyl (C=O) groups is 3. The summed E-state index contributed by atoms with van der Waals surface area (Å²) in [5, 5.41) is 9.40. The quantitative estimate of drug-likeness (QED) is 0.155. The van der Waals surface area contributed by atoms with Crippen LogP contribution in [0.15, 0.2) is 53.4 Å². The fourth-order valence-electron chi connectivity index (χ4n) is 2.82. The highest BCUT2D eigenvalue weighted by Gasteiger charge is 2.52. The van der Waals surface area contributed by atoms with Gasteiger partial charge in [0.25, 0.3) is 5.91 Å². The second-order valence-electron chi connectivity index (χ2n) is 5.91. The van der Waals surface area contributed by atoms with E-state index in [1.165, 1.54) is 28.9 Å². The van der Waals surface area contributed by atoms with Crippen LogP contribution in [0.3, 0.4) is 0 Å². The van der Waals surface area contributed by atoms with Gasteiger partial charge in [-0.2, -0.15) is 5.90 Å². The van der Waals surface area contributed by atoms with Crippen molar-refractivity contribution in [1.82, 2.24) is 0 Å². The number of esters is 1. The molecule has 10 nitrogen and oxygen atoms in total. The minimum absolute atomic E-state index is 0.101. The monoisotopic (exact) mass is 419 g/mol. The zero-order chi connectivity index (χ0) is 21.0. The normalized spacial score (nSPS) is 15.2. The summed E-state index contributed by atoms with van der Waals surface area (Å²) in [7, 11) is 0. The molecule has 1 aliphatic heterocycles. The van der Waals surface area contributed by atoms with Crippen LogP contribution in [0.5, 0.6) is 5.75 Å². The smallest absolute Gasteiger partial charge is 0.323 e. The van der Waals surface area contributed by atoms with Crippen molar-refractivity contribution in [2.24, 2.45) is 5.90 Å². The number of anilines is 2. The van der Waals surface area contributed by atoms with Gasteiger partial charge in [-0.15, -0.1) is 9.32 Å². The molecule has 1 fully saturated rings. The minimum atomic E-state index is -1.16. The van der Waals surface area contributed by atoms with Crippen LogP contribution in [-0.2, 0) is 23.7 Å². The number of rotatable bonds is 9. The number of ether oxygens (including phenoxy) is 1. The summed E-state index contributed by atoms with van der Waals surface area (Å²) in [5.41, 5.74) is 0.849. The summed E-state index contributed by atoms with van der Waals surface area (Å²) in [5.74, 6) is 2.91. The minimum Gasteiger partial charge on any atom is -0.480 e. The maximum atomic E-state index is 12.5. The molecule has 1 atom stereocenters. The molecule has 3 N–H and O–H groups in total. The Morgan fingerprint density at radius 3 is 2.59 bits per heavy atom. The Balaban J connectivity index is 2.00. The third-order valence-corrected chi connectivity index (χ3v) is 4.53. The molecular weight excluding hydrogens is 402 g/mol. The zero-order valence-corrected chi connectivity index (χ0v) is 16.0. The van der Waals surface area contributed by atoms with Crippen molar-refractivity contribution in [3.8, 4) is 5.75 Å². The van der Waals surface area contributed by atoms with Gasteiger partial charge in [0.05, 0.1) is 17.7 Å². The van der Waals surface area contributed by atoms with Crippen molar-refractivity contribution in [2.75, 3.05) is 16.3 Å². The predicted octanol–water partition coefficient (Wildman–Crippen LogP) is 1.70. The van der Waals surface area contributed by atoms with Crippen LogP contribution in [0.1, 0.15) is 6.92 Å². The van der Waals surface area contributed by atoms with E-state index in [1.807, 2.05) is 0 Å². The summed E-state index contributed by atoms with van der Waals surface area (Å²) >= 11 is 0.768. The Morgan fingerprint density at radius 1 is 1.24 bits per heavy atom. The summed E-state index contributed by atoms with van der Waals surface area (Å²) < 4.78 is 9.83. The Kier molecular flexibility index (Phi) is 6.34. The number of benzene rings is 2. The SMILES string of the molecule is CC(=O)Oc1ccc(SOON)cc1N(CC(=O)O)C1C(=O)N1c1ccccc1. The summed E-state index contributed by atoms with van der Waals surface area (Å²) in [4.78, 5) is 42.9. The van der Waals surface area contributed by atoms with E-state index in [1.54, 1.807) is 36.4 Å². The largest absolute Gasteiger partial charge is 0.480 e. The molecule has 0 aromatic heterocycles. The fourth-order valence-corrected chi connectivity index (χ4v) is 3.22. The highest BCUT2D eigenvalue weighted by Crippen LogP contribution is 2.40. The second-order valence-corrected chi connectivity index (χ2v) is 6.68. The van der Waals surface area contributed by atoms with Crippen molar-refractivity contribution in [1.29, 1.82) is 0 Å². The van der Waals surface area contributed by atoms with E-state index < -0.39 is 24.6 Å². The Hall–Kier alpha value is -3.12. The molecule has 2 aromatic carbocycles. The molecule has 3 rings (SSSR count). The molecule has 0 spiro atoms. The zero-order valence-electron chi connectivity index (χ0n) is 15.2. The molecule has 0 radical (unpaired) electrons. The first-order valence-electron chi connectivity index (χ1n) is 8.31. The number of hydrogen-bond donors (Lipinski definition) is 2. The summed E-state index contributed by atoms with van der Waals surface area (Å²) in [6, 6.07) is 13.4. The van der Waals surface area contributed by atoms with Crippen LogP contribution in [-0.4, -0.2) is 35.7 Å². The lowest BCUT2D eigenvalue weighted by Crippen LogP contribution is -2.35. The summed E-state index contributed by atoms with van der Waals surface area (Å²) in [6.07, 6.45) is -0.866.